The zero-order chi connectivity index (χ0) is 15.8. The van der Waals surface area contributed by atoms with Gasteiger partial charge in [-0.25, -0.2) is 19.3 Å². The molecule has 3 aromatic heterocycles. The van der Waals surface area contributed by atoms with Crippen LogP contribution >= 0.6 is 23.1 Å². The van der Waals surface area contributed by atoms with Gasteiger partial charge in [0.05, 0.1) is 5.39 Å². The van der Waals surface area contributed by atoms with Crippen LogP contribution in [-0.4, -0.2) is 19.5 Å². The van der Waals surface area contributed by atoms with E-state index in [-0.39, 0.29) is 5.82 Å². The van der Waals surface area contributed by atoms with Crippen LogP contribution in [0.1, 0.15) is 0 Å². The van der Waals surface area contributed by atoms with Crippen molar-refractivity contribution in [3.63, 3.8) is 0 Å². The molecule has 0 aliphatic heterocycles. The number of hydrogen-bond donors (Lipinski definition) is 0. The lowest BCUT2D eigenvalue weighted by molar-refractivity contribution is 0.628. The van der Waals surface area contributed by atoms with Gasteiger partial charge in [0, 0.05) is 30.4 Å². The molecule has 0 radical (unpaired) electrons. The van der Waals surface area contributed by atoms with Crippen LogP contribution in [0.4, 0.5) is 4.39 Å². The largest absolute Gasteiger partial charge is 0.329 e. The van der Waals surface area contributed by atoms with Crippen LogP contribution in [0.2, 0.25) is 0 Å². The summed E-state index contributed by atoms with van der Waals surface area (Å²) in [5, 5.41) is 4.73. The van der Waals surface area contributed by atoms with E-state index >= 15 is 0 Å². The van der Waals surface area contributed by atoms with Gasteiger partial charge in [0.2, 0.25) is 0 Å². The van der Waals surface area contributed by atoms with Gasteiger partial charge in [0.25, 0.3) is 0 Å². The predicted octanol–water partition coefficient (Wildman–Crippen LogP) is 4.38. The Morgan fingerprint density at radius 1 is 1.13 bits per heavy atom. The van der Waals surface area contributed by atoms with E-state index < -0.39 is 0 Å². The Morgan fingerprint density at radius 2 is 1.96 bits per heavy atom. The number of hydrogen-bond acceptors (Lipinski definition) is 5. The van der Waals surface area contributed by atoms with E-state index in [1.54, 1.807) is 36.0 Å². The lowest BCUT2D eigenvalue weighted by Crippen LogP contribution is -1.91. The first-order valence-corrected chi connectivity index (χ1v) is 8.55. The first-order chi connectivity index (χ1) is 11.2. The molecular formula is C16H11FN4S2. The fraction of sp³-hybridized carbons (Fsp3) is 0.0625. The Morgan fingerprint density at radius 3 is 2.70 bits per heavy atom. The van der Waals surface area contributed by atoms with Gasteiger partial charge in [0.1, 0.15) is 22.0 Å². The van der Waals surface area contributed by atoms with Crippen molar-refractivity contribution in [2.24, 2.45) is 7.05 Å². The van der Waals surface area contributed by atoms with Gasteiger partial charge in [-0.1, -0.05) is 12.1 Å². The van der Waals surface area contributed by atoms with Gasteiger partial charge in [-0.2, -0.15) is 0 Å². The molecule has 0 aliphatic rings. The molecule has 0 unspecified atom stereocenters. The van der Waals surface area contributed by atoms with Crippen LogP contribution < -0.4 is 0 Å². The third-order valence-electron chi connectivity index (χ3n) is 3.46. The third kappa shape index (κ3) is 2.62. The zero-order valence-corrected chi connectivity index (χ0v) is 13.7. The molecule has 0 atom stereocenters. The molecule has 4 nitrogen and oxygen atoms in total. The van der Waals surface area contributed by atoms with E-state index in [0.717, 1.165) is 31.5 Å². The van der Waals surface area contributed by atoms with Gasteiger partial charge >= 0.3 is 0 Å². The topological polar surface area (TPSA) is 43.6 Å². The summed E-state index contributed by atoms with van der Waals surface area (Å²) in [4.78, 5) is 14.0. The van der Waals surface area contributed by atoms with Crippen molar-refractivity contribution in [3.05, 3.63) is 54.2 Å². The predicted molar refractivity (Wildman–Crippen MR) is 90.1 cm³/mol. The number of benzene rings is 1. The molecule has 0 aliphatic carbocycles. The van der Waals surface area contributed by atoms with Crippen molar-refractivity contribution in [2.75, 3.05) is 0 Å². The minimum absolute atomic E-state index is 0.243. The molecule has 114 valence electrons. The number of imidazole rings is 1. The van der Waals surface area contributed by atoms with Crippen molar-refractivity contribution in [1.82, 2.24) is 19.5 Å². The second kappa shape index (κ2) is 5.75. The average Bonchev–Trinajstić information content (AvgIpc) is 3.16. The Balaban J connectivity index is 1.87. The molecule has 0 spiro atoms. The van der Waals surface area contributed by atoms with E-state index in [2.05, 4.69) is 15.0 Å². The van der Waals surface area contributed by atoms with Crippen molar-refractivity contribution >= 4 is 33.3 Å². The maximum atomic E-state index is 13.2. The number of aromatic nitrogens is 4. The van der Waals surface area contributed by atoms with Gasteiger partial charge < -0.3 is 4.57 Å². The lowest BCUT2D eigenvalue weighted by atomic mass is 10.1. The summed E-state index contributed by atoms with van der Waals surface area (Å²) in [5.74, 6) is -0.243. The molecule has 0 fully saturated rings. The maximum absolute atomic E-state index is 13.2. The van der Waals surface area contributed by atoms with Crippen LogP contribution in [0.15, 0.2) is 58.5 Å². The van der Waals surface area contributed by atoms with E-state index in [9.17, 15) is 4.39 Å². The first-order valence-electron chi connectivity index (χ1n) is 6.85. The van der Waals surface area contributed by atoms with Crippen LogP contribution in [-0.2, 0) is 7.05 Å². The monoisotopic (exact) mass is 342 g/mol. The van der Waals surface area contributed by atoms with Crippen LogP contribution in [0, 0.1) is 5.82 Å². The number of rotatable bonds is 3. The highest BCUT2D eigenvalue weighted by Crippen LogP contribution is 2.39. The molecule has 0 bridgehead atoms. The minimum Gasteiger partial charge on any atom is -0.329 e. The van der Waals surface area contributed by atoms with Crippen molar-refractivity contribution in [2.45, 2.75) is 10.2 Å². The van der Waals surface area contributed by atoms with Gasteiger partial charge in [-0.3, -0.25) is 0 Å². The highest BCUT2D eigenvalue weighted by molar-refractivity contribution is 7.99. The first kappa shape index (κ1) is 14.3. The second-order valence-electron chi connectivity index (χ2n) is 4.94. The summed E-state index contributed by atoms with van der Waals surface area (Å²) in [6, 6.07) is 6.49. The number of thiophene rings is 1. The van der Waals surface area contributed by atoms with E-state index in [4.69, 9.17) is 0 Å². The molecule has 1 aromatic carbocycles. The van der Waals surface area contributed by atoms with Crippen molar-refractivity contribution < 1.29 is 4.39 Å². The smallest absolute Gasteiger partial charge is 0.174 e. The Labute approximate surface area is 140 Å². The fourth-order valence-corrected chi connectivity index (χ4v) is 4.18. The van der Waals surface area contributed by atoms with Gasteiger partial charge in [-0.05, 0) is 29.5 Å². The van der Waals surface area contributed by atoms with Gasteiger partial charge in [-0.15, -0.1) is 11.3 Å². The lowest BCUT2D eigenvalue weighted by Gasteiger charge is -2.05. The molecule has 0 saturated heterocycles. The molecule has 0 saturated carbocycles. The van der Waals surface area contributed by atoms with Crippen molar-refractivity contribution in [3.8, 4) is 11.1 Å². The number of halogens is 1. The summed E-state index contributed by atoms with van der Waals surface area (Å²) in [6.45, 7) is 0. The minimum atomic E-state index is -0.243. The Bertz CT molecular complexity index is 975. The van der Waals surface area contributed by atoms with Crippen LogP contribution in [0.3, 0.4) is 0 Å². The molecule has 4 aromatic rings. The highest BCUT2D eigenvalue weighted by Gasteiger charge is 2.15. The molecule has 3 heterocycles. The molecule has 0 N–H and O–H groups in total. The molecule has 4 rings (SSSR count). The van der Waals surface area contributed by atoms with E-state index in [1.165, 1.54) is 23.9 Å². The van der Waals surface area contributed by atoms with Crippen LogP contribution in [0.25, 0.3) is 21.3 Å². The molecule has 23 heavy (non-hydrogen) atoms. The normalized spacial score (nSPS) is 11.2. The Kier molecular flexibility index (Phi) is 3.59. The second-order valence-corrected chi connectivity index (χ2v) is 6.75. The summed E-state index contributed by atoms with van der Waals surface area (Å²) in [7, 11) is 1.95. The number of aryl methyl sites for hydroxylation is 1. The number of nitrogens with zero attached hydrogens (tertiary/aromatic N) is 4. The average molecular weight is 342 g/mol. The summed E-state index contributed by atoms with van der Waals surface area (Å²) in [5.41, 5.74) is 1.97. The van der Waals surface area contributed by atoms with Crippen LogP contribution in [0.5, 0.6) is 0 Å². The molecule has 7 heteroatoms. The quantitative estimate of drug-likeness (QED) is 0.518. The van der Waals surface area contributed by atoms with E-state index in [0.29, 0.717) is 0 Å². The molecule has 0 amide bonds. The fourth-order valence-electron chi connectivity index (χ4n) is 2.30. The zero-order valence-electron chi connectivity index (χ0n) is 12.1. The molecular weight excluding hydrogens is 331 g/mol. The Hall–Kier alpha value is -2.25. The summed E-state index contributed by atoms with van der Waals surface area (Å²) >= 11 is 3.06. The van der Waals surface area contributed by atoms with Gasteiger partial charge in [0.15, 0.2) is 5.16 Å². The SMILES string of the molecule is Cn1ccnc1Sc1ncnc2scc(-c3ccc(F)cc3)c12. The summed E-state index contributed by atoms with van der Waals surface area (Å²) < 4.78 is 15.1. The summed E-state index contributed by atoms with van der Waals surface area (Å²) in [6.07, 6.45) is 5.23. The van der Waals surface area contributed by atoms with Crippen molar-refractivity contribution in [1.29, 1.82) is 0 Å². The van der Waals surface area contributed by atoms with E-state index in [1.807, 2.05) is 23.2 Å². The maximum Gasteiger partial charge on any atom is 0.174 e. The number of fused-ring (bicyclic) bond motifs is 1. The highest BCUT2D eigenvalue weighted by atomic mass is 32.2. The standard InChI is InChI=1S/C16H11FN4S2/c1-21-7-6-18-16(21)23-15-13-12(8-22-14(13)19-9-20-15)10-2-4-11(17)5-3-10/h2-9H,1H3. The third-order valence-corrected chi connectivity index (χ3v) is 5.42.